The number of thiophene rings is 1. The van der Waals surface area contributed by atoms with Gasteiger partial charge in [0, 0.05) is 10.9 Å². The zero-order valence-corrected chi connectivity index (χ0v) is 8.76. The number of hydrogen-bond donors (Lipinski definition) is 0. The molecular formula is C9H9BrS. The van der Waals surface area contributed by atoms with Crippen LogP contribution in [0.15, 0.2) is 15.9 Å². The van der Waals surface area contributed by atoms with Crippen molar-refractivity contribution in [2.45, 2.75) is 19.8 Å². The average molecular weight is 229 g/mol. The van der Waals surface area contributed by atoms with Gasteiger partial charge in [0.05, 0.1) is 4.88 Å². The molecule has 2 heteroatoms. The third-order valence-electron chi connectivity index (χ3n) is 1.19. The zero-order valence-electron chi connectivity index (χ0n) is 6.36. The summed E-state index contributed by atoms with van der Waals surface area (Å²) >= 11 is 5.11. The minimum absolute atomic E-state index is 0.990. The van der Waals surface area contributed by atoms with E-state index in [0.29, 0.717) is 0 Å². The molecule has 0 radical (unpaired) electrons. The van der Waals surface area contributed by atoms with Crippen LogP contribution >= 0.6 is 27.3 Å². The molecule has 58 valence electrons. The molecule has 1 rings (SSSR count). The van der Waals surface area contributed by atoms with Crippen LogP contribution in [0, 0.1) is 11.8 Å². The molecule has 0 atom stereocenters. The maximum absolute atomic E-state index is 3.43. The lowest BCUT2D eigenvalue weighted by Gasteiger charge is -1.81. The van der Waals surface area contributed by atoms with Crippen molar-refractivity contribution < 1.29 is 0 Å². The summed E-state index contributed by atoms with van der Waals surface area (Å²) in [6.07, 6.45) is 2.13. The van der Waals surface area contributed by atoms with E-state index in [4.69, 9.17) is 0 Å². The average Bonchev–Trinajstić information content (AvgIpc) is 2.37. The molecule has 1 heterocycles. The van der Waals surface area contributed by atoms with Crippen molar-refractivity contribution in [3.05, 3.63) is 20.8 Å². The molecular weight excluding hydrogens is 220 g/mol. The highest BCUT2D eigenvalue weighted by Crippen LogP contribution is 2.20. The van der Waals surface area contributed by atoms with E-state index in [1.807, 2.05) is 11.4 Å². The lowest BCUT2D eigenvalue weighted by molar-refractivity contribution is 0.983. The minimum atomic E-state index is 0.990. The molecule has 0 aliphatic rings. The van der Waals surface area contributed by atoms with Gasteiger partial charge in [-0.25, -0.2) is 0 Å². The highest BCUT2D eigenvalue weighted by atomic mass is 79.9. The summed E-state index contributed by atoms with van der Waals surface area (Å²) in [5.41, 5.74) is 0. The van der Waals surface area contributed by atoms with E-state index in [1.165, 1.54) is 0 Å². The maximum atomic E-state index is 3.43. The Balaban J connectivity index is 2.65. The molecule has 0 amide bonds. The van der Waals surface area contributed by atoms with Crippen LogP contribution in [0.5, 0.6) is 0 Å². The molecule has 0 N–H and O–H groups in total. The quantitative estimate of drug-likeness (QED) is 0.644. The van der Waals surface area contributed by atoms with E-state index in [9.17, 15) is 0 Å². The van der Waals surface area contributed by atoms with Gasteiger partial charge in [-0.2, -0.15) is 0 Å². The predicted molar refractivity (Wildman–Crippen MR) is 53.8 cm³/mol. The van der Waals surface area contributed by atoms with Crippen LogP contribution in [0.1, 0.15) is 24.6 Å². The SMILES string of the molecule is CCCC#Cc1sccc1Br. The summed E-state index contributed by atoms with van der Waals surface area (Å²) in [7, 11) is 0. The summed E-state index contributed by atoms with van der Waals surface area (Å²) in [6.45, 7) is 2.14. The third-order valence-corrected chi connectivity index (χ3v) is 2.95. The molecule has 0 spiro atoms. The van der Waals surface area contributed by atoms with E-state index in [0.717, 1.165) is 22.2 Å². The fourth-order valence-corrected chi connectivity index (χ4v) is 1.99. The van der Waals surface area contributed by atoms with Crippen LogP contribution in [0.2, 0.25) is 0 Å². The Labute approximate surface area is 79.8 Å². The first-order valence-corrected chi connectivity index (χ1v) is 5.23. The lowest BCUT2D eigenvalue weighted by atomic mass is 10.3. The van der Waals surface area contributed by atoms with Crippen molar-refractivity contribution in [1.82, 2.24) is 0 Å². The molecule has 0 aromatic carbocycles. The van der Waals surface area contributed by atoms with Gasteiger partial charge in [0.1, 0.15) is 0 Å². The van der Waals surface area contributed by atoms with Gasteiger partial charge >= 0.3 is 0 Å². The predicted octanol–water partition coefficient (Wildman–Crippen LogP) is 3.66. The smallest absolute Gasteiger partial charge is 0.0910 e. The Hall–Kier alpha value is -0.260. The van der Waals surface area contributed by atoms with Crippen LogP contribution < -0.4 is 0 Å². The Morgan fingerprint density at radius 1 is 1.64 bits per heavy atom. The second kappa shape index (κ2) is 4.58. The summed E-state index contributed by atoms with van der Waals surface area (Å²) in [4.78, 5) is 1.14. The Morgan fingerprint density at radius 2 is 2.45 bits per heavy atom. The molecule has 0 aliphatic heterocycles. The van der Waals surface area contributed by atoms with Crippen molar-refractivity contribution >= 4 is 27.3 Å². The Bertz CT molecular complexity index is 277. The van der Waals surface area contributed by atoms with Gasteiger partial charge in [0.2, 0.25) is 0 Å². The van der Waals surface area contributed by atoms with Crippen LogP contribution in [0.25, 0.3) is 0 Å². The van der Waals surface area contributed by atoms with Crippen LogP contribution in [0.4, 0.5) is 0 Å². The van der Waals surface area contributed by atoms with E-state index >= 15 is 0 Å². The third kappa shape index (κ3) is 2.69. The topological polar surface area (TPSA) is 0 Å². The van der Waals surface area contributed by atoms with Crippen molar-refractivity contribution in [1.29, 1.82) is 0 Å². The van der Waals surface area contributed by atoms with Crippen LogP contribution in [0.3, 0.4) is 0 Å². The second-order valence-corrected chi connectivity index (χ2v) is 3.92. The van der Waals surface area contributed by atoms with Crippen molar-refractivity contribution in [2.75, 3.05) is 0 Å². The van der Waals surface area contributed by atoms with Gasteiger partial charge in [0.15, 0.2) is 0 Å². The monoisotopic (exact) mass is 228 g/mol. The number of halogens is 1. The molecule has 0 unspecified atom stereocenters. The van der Waals surface area contributed by atoms with Crippen molar-refractivity contribution in [2.24, 2.45) is 0 Å². The largest absolute Gasteiger partial charge is 0.134 e. The highest BCUT2D eigenvalue weighted by Gasteiger charge is 1.94. The van der Waals surface area contributed by atoms with Crippen LogP contribution in [-0.2, 0) is 0 Å². The second-order valence-electron chi connectivity index (χ2n) is 2.15. The first-order chi connectivity index (χ1) is 5.34. The van der Waals surface area contributed by atoms with E-state index < -0.39 is 0 Å². The molecule has 0 fully saturated rings. The summed E-state index contributed by atoms with van der Waals surface area (Å²) in [5, 5.41) is 2.04. The molecule has 11 heavy (non-hydrogen) atoms. The van der Waals surface area contributed by atoms with Crippen molar-refractivity contribution in [3.63, 3.8) is 0 Å². The molecule has 0 nitrogen and oxygen atoms in total. The zero-order chi connectivity index (χ0) is 8.10. The molecule has 0 bridgehead atoms. The summed E-state index contributed by atoms with van der Waals surface area (Å²) < 4.78 is 1.12. The van der Waals surface area contributed by atoms with Gasteiger partial charge < -0.3 is 0 Å². The standard InChI is InChI=1S/C9H9BrS/c1-2-3-4-5-9-8(10)6-7-11-9/h6-7H,2-3H2,1H3. The van der Waals surface area contributed by atoms with E-state index in [2.05, 4.69) is 34.7 Å². The summed E-state index contributed by atoms with van der Waals surface area (Å²) in [6, 6.07) is 2.03. The van der Waals surface area contributed by atoms with Gasteiger partial charge in [-0.05, 0) is 33.8 Å². The fourth-order valence-electron chi connectivity index (χ4n) is 0.651. The fraction of sp³-hybridized carbons (Fsp3) is 0.333. The first kappa shape index (κ1) is 8.83. The Kier molecular flexibility index (Phi) is 3.68. The van der Waals surface area contributed by atoms with E-state index in [1.54, 1.807) is 11.3 Å². The highest BCUT2D eigenvalue weighted by molar-refractivity contribution is 9.10. The maximum Gasteiger partial charge on any atom is 0.0910 e. The minimum Gasteiger partial charge on any atom is -0.134 e. The number of hydrogen-bond acceptors (Lipinski definition) is 1. The van der Waals surface area contributed by atoms with Gasteiger partial charge in [-0.1, -0.05) is 18.8 Å². The molecule has 0 saturated carbocycles. The van der Waals surface area contributed by atoms with E-state index in [-0.39, 0.29) is 0 Å². The number of rotatable bonds is 1. The molecule has 0 aliphatic carbocycles. The van der Waals surface area contributed by atoms with Gasteiger partial charge in [-0.3, -0.25) is 0 Å². The molecule has 1 aromatic rings. The normalized spacial score (nSPS) is 8.91. The van der Waals surface area contributed by atoms with Crippen LogP contribution in [-0.4, -0.2) is 0 Å². The lowest BCUT2D eigenvalue weighted by Crippen LogP contribution is -1.65. The van der Waals surface area contributed by atoms with Crippen molar-refractivity contribution in [3.8, 4) is 11.8 Å². The first-order valence-electron chi connectivity index (χ1n) is 3.56. The molecule has 1 aromatic heterocycles. The van der Waals surface area contributed by atoms with Gasteiger partial charge in [0.25, 0.3) is 0 Å². The Morgan fingerprint density at radius 3 is 3.00 bits per heavy atom. The number of unbranched alkanes of at least 4 members (excludes halogenated alkanes) is 1. The molecule has 0 saturated heterocycles. The summed E-state index contributed by atoms with van der Waals surface area (Å²) in [5.74, 6) is 6.22. The van der Waals surface area contributed by atoms with Gasteiger partial charge in [-0.15, -0.1) is 11.3 Å².